The Morgan fingerprint density at radius 1 is 1.07 bits per heavy atom. The maximum absolute atomic E-state index is 9.68. The molecule has 0 amide bonds. The molecule has 82 valence electrons. The van der Waals surface area contributed by atoms with Crippen molar-refractivity contribution in [2.45, 2.75) is 25.3 Å². The van der Waals surface area contributed by atoms with Gasteiger partial charge in [0, 0.05) is 11.6 Å². The summed E-state index contributed by atoms with van der Waals surface area (Å²) in [6.45, 7) is 0.922. The van der Waals surface area contributed by atoms with Crippen molar-refractivity contribution < 1.29 is 15.3 Å². The van der Waals surface area contributed by atoms with Crippen LogP contribution in [0.5, 0.6) is 17.2 Å². The molecule has 0 spiro atoms. The fourth-order valence-electron chi connectivity index (χ4n) is 1.98. The second-order valence-corrected chi connectivity index (χ2v) is 3.87. The molecule has 0 saturated carbocycles. The first-order valence-corrected chi connectivity index (χ1v) is 5.17. The predicted molar refractivity (Wildman–Crippen MR) is 56.0 cm³/mol. The molecule has 4 nitrogen and oxygen atoms in total. The Balaban J connectivity index is 2.31. The van der Waals surface area contributed by atoms with Gasteiger partial charge < -0.3 is 20.6 Å². The largest absolute Gasteiger partial charge is 0.504 e. The lowest BCUT2D eigenvalue weighted by atomic mass is 9.96. The maximum atomic E-state index is 9.68. The van der Waals surface area contributed by atoms with E-state index in [2.05, 4.69) is 5.32 Å². The van der Waals surface area contributed by atoms with E-state index >= 15 is 0 Å². The fraction of sp³-hybridized carbons (Fsp3) is 0.455. The lowest BCUT2D eigenvalue weighted by Crippen LogP contribution is -2.26. The van der Waals surface area contributed by atoms with Crippen LogP contribution in [-0.4, -0.2) is 21.9 Å². The van der Waals surface area contributed by atoms with Gasteiger partial charge in [-0.15, -0.1) is 0 Å². The van der Waals surface area contributed by atoms with Crippen LogP contribution in [0.1, 0.15) is 30.9 Å². The third kappa shape index (κ3) is 1.85. The van der Waals surface area contributed by atoms with Crippen molar-refractivity contribution in [3.05, 3.63) is 17.7 Å². The van der Waals surface area contributed by atoms with Crippen LogP contribution in [0.25, 0.3) is 0 Å². The summed E-state index contributed by atoms with van der Waals surface area (Å²) in [5.74, 6) is -0.929. The quantitative estimate of drug-likeness (QED) is 0.530. The van der Waals surface area contributed by atoms with Crippen LogP contribution in [0, 0.1) is 0 Å². The third-order valence-electron chi connectivity index (χ3n) is 2.85. The summed E-state index contributed by atoms with van der Waals surface area (Å²) >= 11 is 0. The average molecular weight is 209 g/mol. The van der Waals surface area contributed by atoms with Crippen molar-refractivity contribution in [2.24, 2.45) is 0 Å². The number of piperidine rings is 1. The summed E-state index contributed by atoms with van der Waals surface area (Å²) in [7, 11) is 0. The normalized spacial score (nSPS) is 21.5. The van der Waals surface area contributed by atoms with Crippen molar-refractivity contribution in [1.82, 2.24) is 5.32 Å². The number of benzene rings is 1. The van der Waals surface area contributed by atoms with Crippen LogP contribution in [0.4, 0.5) is 0 Å². The number of phenolic OH excluding ortho intramolecular Hbond substituents is 3. The van der Waals surface area contributed by atoms with Gasteiger partial charge in [-0.1, -0.05) is 6.42 Å². The molecular weight excluding hydrogens is 194 g/mol. The minimum atomic E-state index is -0.431. The van der Waals surface area contributed by atoms with Crippen molar-refractivity contribution in [2.75, 3.05) is 6.54 Å². The minimum absolute atomic E-state index is 0.0743. The van der Waals surface area contributed by atoms with Gasteiger partial charge in [0.2, 0.25) is 5.75 Å². The van der Waals surface area contributed by atoms with Crippen LogP contribution in [0.2, 0.25) is 0 Å². The zero-order valence-corrected chi connectivity index (χ0v) is 8.40. The molecule has 1 saturated heterocycles. The minimum Gasteiger partial charge on any atom is -0.504 e. The molecular formula is C11H15NO3. The summed E-state index contributed by atoms with van der Waals surface area (Å²) < 4.78 is 0. The molecule has 1 heterocycles. The summed E-state index contributed by atoms with van der Waals surface area (Å²) in [4.78, 5) is 0. The molecule has 1 aliphatic rings. The van der Waals surface area contributed by atoms with Crippen LogP contribution in [-0.2, 0) is 0 Å². The number of phenols is 3. The molecule has 0 aromatic heterocycles. The number of aromatic hydroxyl groups is 3. The Morgan fingerprint density at radius 3 is 2.53 bits per heavy atom. The van der Waals surface area contributed by atoms with Gasteiger partial charge in [-0.05, 0) is 31.5 Å². The zero-order valence-electron chi connectivity index (χ0n) is 8.40. The van der Waals surface area contributed by atoms with Gasteiger partial charge >= 0.3 is 0 Å². The Hall–Kier alpha value is -1.42. The first kappa shape index (κ1) is 10.1. The Bertz CT molecular complexity index is 359. The van der Waals surface area contributed by atoms with Crippen LogP contribution in [0.15, 0.2) is 12.1 Å². The number of hydrogen-bond acceptors (Lipinski definition) is 4. The number of rotatable bonds is 1. The van der Waals surface area contributed by atoms with Gasteiger partial charge in [0.1, 0.15) is 0 Å². The first-order valence-electron chi connectivity index (χ1n) is 5.17. The van der Waals surface area contributed by atoms with Gasteiger partial charge in [-0.3, -0.25) is 0 Å². The highest BCUT2D eigenvalue weighted by molar-refractivity contribution is 5.54. The van der Waals surface area contributed by atoms with Crippen molar-refractivity contribution >= 4 is 0 Å². The van der Waals surface area contributed by atoms with E-state index < -0.39 is 5.75 Å². The molecule has 1 fully saturated rings. The molecule has 1 aromatic carbocycles. The average Bonchev–Trinajstić information content (AvgIpc) is 2.27. The van der Waals surface area contributed by atoms with Gasteiger partial charge in [0.15, 0.2) is 11.5 Å². The van der Waals surface area contributed by atoms with E-state index in [1.54, 1.807) is 6.07 Å². The molecule has 1 atom stereocenters. The van der Waals surface area contributed by atoms with E-state index in [4.69, 9.17) is 0 Å². The van der Waals surface area contributed by atoms with Gasteiger partial charge in [0.25, 0.3) is 0 Å². The predicted octanol–water partition coefficient (Wildman–Crippen LogP) is 1.62. The lowest BCUT2D eigenvalue weighted by molar-refractivity contribution is 0.350. The summed E-state index contributed by atoms with van der Waals surface area (Å²) in [5.41, 5.74) is 0.657. The van der Waals surface area contributed by atoms with E-state index in [1.807, 2.05) is 0 Å². The molecule has 0 bridgehead atoms. The van der Waals surface area contributed by atoms with Crippen molar-refractivity contribution in [3.8, 4) is 17.2 Å². The summed E-state index contributed by atoms with van der Waals surface area (Å²) in [5, 5.41) is 31.5. The zero-order chi connectivity index (χ0) is 10.8. The number of nitrogens with one attached hydrogen (secondary N) is 1. The topological polar surface area (TPSA) is 72.7 Å². The Morgan fingerprint density at radius 2 is 1.87 bits per heavy atom. The second kappa shape index (κ2) is 3.98. The van der Waals surface area contributed by atoms with Gasteiger partial charge in [-0.2, -0.15) is 0 Å². The molecule has 0 aliphatic carbocycles. The molecule has 15 heavy (non-hydrogen) atoms. The highest BCUT2D eigenvalue weighted by Crippen LogP contribution is 2.41. The van der Waals surface area contributed by atoms with Crippen molar-refractivity contribution in [1.29, 1.82) is 0 Å². The Labute approximate surface area is 88.2 Å². The molecule has 0 unspecified atom stereocenters. The SMILES string of the molecule is Oc1ccc([C@H]2CCCCN2)c(O)c1O. The van der Waals surface area contributed by atoms with E-state index in [1.165, 1.54) is 6.07 Å². The summed E-state index contributed by atoms with van der Waals surface area (Å²) in [6.07, 6.45) is 3.19. The Kier molecular flexibility index (Phi) is 2.68. The van der Waals surface area contributed by atoms with Crippen LogP contribution >= 0.6 is 0 Å². The van der Waals surface area contributed by atoms with Crippen LogP contribution < -0.4 is 5.32 Å². The summed E-state index contributed by atoms with van der Waals surface area (Å²) in [6, 6.07) is 3.12. The van der Waals surface area contributed by atoms with E-state index in [0.29, 0.717) is 5.56 Å². The van der Waals surface area contributed by atoms with Gasteiger partial charge in [0.05, 0.1) is 0 Å². The lowest BCUT2D eigenvalue weighted by Gasteiger charge is -2.24. The molecule has 1 aliphatic heterocycles. The van der Waals surface area contributed by atoms with Crippen molar-refractivity contribution in [3.63, 3.8) is 0 Å². The number of hydrogen-bond donors (Lipinski definition) is 4. The third-order valence-corrected chi connectivity index (χ3v) is 2.85. The monoisotopic (exact) mass is 209 g/mol. The molecule has 1 aromatic rings. The smallest absolute Gasteiger partial charge is 0.200 e. The van der Waals surface area contributed by atoms with E-state index in [-0.39, 0.29) is 17.5 Å². The van der Waals surface area contributed by atoms with E-state index in [0.717, 1.165) is 25.8 Å². The molecule has 4 heteroatoms. The standard InChI is InChI=1S/C11H15NO3/c13-9-5-4-7(10(14)11(9)15)8-3-1-2-6-12-8/h4-5,8,12-15H,1-3,6H2/t8-/m1/s1. The molecule has 0 radical (unpaired) electrons. The van der Waals surface area contributed by atoms with E-state index in [9.17, 15) is 15.3 Å². The first-order chi connectivity index (χ1) is 7.20. The molecule has 4 N–H and O–H groups in total. The maximum Gasteiger partial charge on any atom is 0.200 e. The van der Waals surface area contributed by atoms with Crippen LogP contribution in [0.3, 0.4) is 0 Å². The van der Waals surface area contributed by atoms with Gasteiger partial charge in [-0.25, -0.2) is 0 Å². The molecule has 2 rings (SSSR count). The highest BCUT2D eigenvalue weighted by Gasteiger charge is 2.20. The highest BCUT2D eigenvalue weighted by atomic mass is 16.3. The fourth-order valence-corrected chi connectivity index (χ4v) is 1.98. The second-order valence-electron chi connectivity index (χ2n) is 3.87.